The number of halogens is 4. The van der Waals surface area contributed by atoms with E-state index in [1.165, 1.54) is 6.20 Å². The lowest BCUT2D eigenvalue weighted by atomic mass is 10.2. The summed E-state index contributed by atoms with van der Waals surface area (Å²) >= 11 is 7.64. The van der Waals surface area contributed by atoms with Crippen molar-refractivity contribution in [3.8, 4) is 0 Å². The number of rotatable bonds is 1. The van der Waals surface area contributed by atoms with Gasteiger partial charge in [0.15, 0.2) is 0 Å². The highest BCUT2D eigenvalue weighted by Crippen LogP contribution is 2.29. The first-order valence-corrected chi connectivity index (χ1v) is 4.58. The van der Waals surface area contributed by atoms with E-state index in [2.05, 4.69) is 4.98 Å². The minimum Gasteiger partial charge on any atom is -0.253 e. The molecule has 12 heavy (non-hydrogen) atoms. The van der Waals surface area contributed by atoms with Crippen molar-refractivity contribution in [2.75, 3.05) is 0 Å². The lowest BCUT2D eigenvalue weighted by molar-refractivity contribution is 0.146. The highest BCUT2D eigenvalue weighted by molar-refractivity contribution is 14.1. The molecule has 0 N–H and O–H groups in total. The van der Waals surface area contributed by atoms with E-state index >= 15 is 0 Å². The summed E-state index contributed by atoms with van der Waals surface area (Å²) < 4.78 is 25.2. The number of hydrogen-bond donors (Lipinski definition) is 0. The molecule has 1 aromatic rings. The first-order chi connectivity index (χ1) is 5.54. The third-order valence-electron chi connectivity index (χ3n) is 1.44. The fourth-order valence-corrected chi connectivity index (χ4v) is 1.53. The summed E-state index contributed by atoms with van der Waals surface area (Å²) in [4.78, 5) is 3.55. The van der Waals surface area contributed by atoms with E-state index in [4.69, 9.17) is 11.6 Å². The van der Waals surface area contributed by atoms with E-state index in [0.717, 1.165) is 3.57 Å². The minimum atomic E-state index is -2.60. The quantitative estimate of drug-likeness (QED) is 0.723. The smallest absolute Gasteiger partial charge is 0.253 e. The number of hydrogen-bond acceptors (Lipinski definition) is 1. The van der Waals surface area contributed by atoms with Gasteiger partial charge in [-0.25, -0.2) is 8.78 Å². The highest BCUT2D eigenvalue weighted by Gasteiger charge is 2.16. The van der Waals surface area contributed by atoms with Gasteiger partial charge in [0.1, 0.15) is 5.69 Å². The number of alkyl halides is 2. The van der Waals surface area contributed by atoms with Crippen LogP contribution in [0.1, 0.15) is 17.7 Å². The van der Waals surface area contributed by atoms with Crippen LogP contribution in [0.2, 0.25) is 5.02 Å². The summed E-state index contributed by atoms with van der Waals surface area (Å²) in [5.41, 5.74) is 0.317. The van der Waals surface area contributed by atoms with Crippen LogP contribution in [0.3, 0.4) is 0 Å². The fraction of sp³-hybridized carbons (Fsp3) is 0.286. The summed E-state index contributed by atoms with van der Waals surface area (Å²) in [5.74, 6) is 0. The van der Waals surface area contributed by atoms with E-state index in [0.29, 0.717) is 5.56 Å². The van der Waals surface area contributed by atoms with Crippen LogP contribution in [0, 0.1) is 10.5 Å². The standard InChI is InChI=1S/C7H5ClF2IN/c1-3-4(11)2-12-6(5(3)8)7(9)10/h2,7H,1H3. The topological polar surface area (TPSA) is 12.9 Å². The molecular weight excluding hydrogens is 298 g/mol. The lowest BCUT2D eigenvalue weighted by Crippen LogP contribution is -1.95. The Labute approximate surface area is 87.3 Å². The minimum absolute atomic E-state index is 0.0666. The zero-order chi connectivity index (χ0) is 9.30. The molecule has 1 aromatic heterocycles. The molecule has 1 nitrogen and oxygen atoms in total. The van der Waals surface area contributed by atoms with Crippen molar-refractivity contribution in [1.82, 2.24) is 4.98 Å². The van der Waals surface area contributed by atoms with Crippen molar-refractivity contribution in [2.24, 2.45) is 0 Å². The van der Waals surface area contributed by atoms with Crippen LogP contribution in [0.4, 0.5) is 8.78 Å². The molecule has 0 amide bonds. The summed E-state index contributed by atoms with van der Waals surface area (Å²) in [6, 6.07) is 0. The Hall–Kier alpha value is 0.0300. The summed E-state index contributed by atoms with van der Waals surface area (Å²) in [6.45, 7) is 1.69. The van der Waals surface area contributed by atoms with Crippen LogP contribution in [-0.2, 0) is 0 Å². The molecule has 0 aliphatic rings. The summed E-state index contributed by atoms with van der Waals surface area (Å²) in [6.07, 6.45) is -1.21. The molecule has 1 rings (SSSR count). The van der Waals surface area contributed by atoms with Crippen molar-refractivity contribution in [2.45, 2.75) is 13.3 Å². The maximum Gasteiger partial charge on any atom is 0.281 e. The number of aromatic nitrogens is 1. The van der Waals surface area contributed by atoms with Gasteiger partial charge in [-0.2, -0.15) is 0 Å². The van der Waals surface area contributed by atoms with Gasteiger partial charge in [0, 0.05) is 9.77 Å². The second kappa shape index (κ2) is 3.83. The van der Waals surface area contributed by atoms with Gasteiger partial charge in [0.05, 0.1) is 5.02 Å². The Morgan fingerprint density at radius 1 is 1.58 bits per heavy atom. The van der Waals surface area contributed by atoms with Crippen molar-refractivity contribution in [3.63, 3.8) is 0 Å². The zero-order valence-corrected chi connectivity index (χ0v) is 9.03. The average molecular weight is 303 g/mol. The third-order valence-corrected chi connectivity index (χ3v) is 3.00. The molecule has 0 fully saturated rings. The van der Waals surface area contributed by atoms with Gasteiger partial charge >= 0.3 is 0 Å². The SMILES string of the molecule is Cc1c(I)cnc(C(F)F)c1Cl. The van der Waals surface area contributed by atoms with Gasteiger partial charge in [-0.05, 0) is 35.1 Å². The van der Waals surface area contributed by atoms with Crippen LogP contribution in [-0.4, -0.2) is 4.98 Å². The van der Waals surface area contributed by atoms with Gasteiger partial charge in [0.2, 0.25) is 0 Å². The zero-order valence-electron chi connectivity index (χ0n) is 6.11. The van der Waals surface area contributed by atoms with Gasteiger partial charge in [-0.3, -0.25) is 4.98 Å². The molecule has 66 valence electrons. The molecule has 1 heterocycles. The first-order valence-electron chi connectivity index (χ1n) is 3.12. The molecule has 0 aliphatic heterocycles. The van der Waals surface area contributed by atoms with Crippen LogP contribution in [0.25, 0.3) is 0 Å². The van der Waals surface area contributed by atoms with E-state index in [9.17, 15) is 8.78 Å². The molecule has 0 saturated heterocycles. The maximum atomic E-state index is 12.2. The van der Waals surface area contributed by atoms with Gasteiger partial charge in [-0.1, -0.05) is 11.6 Å². The predicted molar refractivity (Wildman–Crippen MR) is 51.7 cm³/mol. The molecule has 0 saturated carbocycles. The third kappa shape index (κ3) is 1.85. The Balaban J connectivity index is 3.27. The Morgan fingerprint density at radius 3 is 2.67 bits per heavy atom. The first kappa shape index (κ1) is 10.1. The van der Waals surface area contributed by atoms with Gasteiger partial charge in [0.25, 0.3) is 6.43 Å². The van der Waals surface area contributed by atoms with E-state index in [1.807, 2.05) is 22.6 Å². The lowest BCUT2D eigenvalue weighted by Gasteiger charge is -2.05. The molecule has 0 radical (unpaired) electrons. The second-order valence-corrected chi connectivity index (χ2v) is 3.77. The van der Waals surface area contributed by atoms with Gasteiger partial charge < -0.3 is 0 Å². The molecule has 0 bridgehead atoms. The Morgan fingerprint density at radius 2 is 2.17 bits per heavy atom. The van der Waals surface area contributed by atoms with Crippen LogP contribution >= 0.6 is 34.2 Å². The molecule has 0 spiro atoms. The van der Waals surface area contributed by atoms with Crippen LogP contribution < -0.4 is 0 Å². The maximum absolute atomic E-state index is 12.2. The Kier molecular flexibility index (Phi) is 3.22. The van der Waals surface area contributed by atoms with Crippen molar-refractivity contribution >= 4 is 34.2 Å². The monoisotopic (exact) mass is 303 g/mol. The van der Waals surface area contributed by atoms with E-state index < -0.39 is 6.43 Å². The molecule has 0 atom stereocenters. The van der Waals surface area contributed by atoms with Crippen LogP contribution in [0.15, 0.2) is 6.20 Å². The molecule has 0 aromatic carbocycles. The van der Waals surface area contributed by atoms with Crippen molar-refractivity contribution < 1.29 is 8.78 Å². The number of nitrogens with zero attached hydrogens (tertiary/aromatic N) is 1. The Bertz CT molecular complexity index is 304. The van der Waals surface area contributed by atoms with E-state index in [-0.39, 0.29) is 10.7 Å². The van der Waals surface area contributed by atoms with Crippen LogP contribution in [0.5, 0.6) is 0 Å². The van der Waals surface area contributed by atoms with Crippen molar-refractivity contribution in [3.05, 3.63) is 26.0 Å². The predicted octanol–water partition coefficient (Wildman–Crippen LogP) is 3.59. The molecule has 5 heteroatoms. The highest BCUT2D eigenvalue weighted by atomic mass is 127. The molecule has 0 unspecified atom stereocenters. The second-order valence-electron chi connectivity index (χ2n) is 2.23. The fourth-order valence-electron chi connectivity index (χ4n) is 0.729. The van der Waals surface area contributed by atoms with Gasteiger partial charge in [-0.15, -0.1) is 0 Å². The normalized spacial score (nSPS) is 10.8. The largest absolute Gasteiger partial charge is 0.281 e. The summed E-state index contributed by atoms with van der Waals surface area (Å²) in [5, 5.41) is 0.0666. The molecular formula is C7H5ClF2IN. The summed E-state index contributed by atoms with van der Waals surface area (Å²) in [7, 11) is 0. The average Bonchev–Trinajstić information content (AvgIpc) is 2.00. The number of pyridine rings is 1. The molecule has 0 aliphatic carbocycles. The van der Waals surface area contributed by atoms with E-state index in [1.54, 1.807) is 6.92 Å². The van der Waals surface area contributed by atoms with Crippen molar-refractivity contribution in [1.29, 1.82) is 0 Å².